The lowest BCUT2D eigenvalue weighted by Crippen LogP contribution is -2.25. The van der Waals surface area contributed by atoms with Gasteiger partial charge in [0.15, 0.2) is 0 Å². The van der Waals surface area contributed by atoms with Gasteiger partial charge in [0.05, 0.1) is 5.41 Å². The fraction of sp³-hybridized carbons (Fsp3) is 0.122. The van der Waals surface area contributed by atoms with E-state index in [1.165, 1.54) is 78.1 Å². The summed E-state index contributed by atoms with van der Waals surface area (Å²) in [5.74, 6) is 0. The first kappa shape index (κ1) is 25.6. The van der Waals surface area contributed by atoms with Crippen molar-refractivity contribution in [1.29, 1.82) is 0 Å². The monoisotopic (exact) mass is 554 g/mol. The van der Waals surface area contributed by atoms with Crippen LogP contribution in [-0.2, 0) is 5.41 Å². The van der Waals surface area contributed by atoms with Crippen molar-refractivity contribution in [1.82, 2.24) is 0 Å². The molecule has 2 aliphatic rings. The summed E-state index contributed by atoms with van der Waals surface area (Å²) in [5, 5.41) is 0. The van der Waals surface area contributed by atoms with Crippen LogP contribution in [-0.4, -0.2) is 28.2 Å². The fourth-order valence-corrected chi connectivity index (χ4v) is 7.62. The average molecular weight is 555 g/mol. The zero-order chi connectivity index (χ0) is 29.3. The Morgan fingerprint density at radius 2 is 0.744 bits per heavy atom. The zero-order valence-corrected chi connectivity index (χ0v) is 25.1. The second-order valence-corrected chi connectivity index (χ2v) is 12.2. The minimum absolute atomic E-state index is 0.387. The molecule has 0 aliphatic heterocycles. The van der Waals surface area contributed by atoms with E-state index in [4.69, 9.17) is 0 Å². The second kappa shape index (κ2) is 9.47. The Bertz CT molecular complexity index is 1900. The van der Waals surface area contributed by atoms with Gasteiger partial charge in [-0.3, -0.25) is 0 Å². The van der Waals surface area contributed by atoms with Crippen LogP contribution in [0.3, 0.4) is 0 Å². The Balaban J connectivity index is 1.47. The molecule has 208 valence electrons. The molecular formula is C41H34N2. The maximum absolute atomic E-state index is 2.37. The number of anilines is 2. The van der Waals surface area contributed by atoms with Gasteiger partial charge in [0, 0.05) is 39.6 Å². The lowest BCUT2D eigenvalue weighted by atomic mass is 9.70. The van der Waals surface area contributed by atoms with Gasteiger partial charge in [-0.2, -0.15) is 0 Å². The van der Waals surface area contributed by atoms with Crippen LogP contribution < -0.4 is 9.80 Å². The van der Waals surface area contributed by atoms with Gasteiger partial charge in [0.25, 0.3) is 0 Å². The zero-order valence-electron chi connectivity index (χ0n) is 25.1. The van der Waals surface area contributed by atoms with Crippen molar-refractivity contribution in [3.63, 3.8) is 0 Å². The topological polar surface area (TPSA) is 6.48 Å². The van der Waals surface area contributed by atoms with Crippen molar-refractivity contribution in [2.24, 2.45) is 0 Å². The Morgan fingerprint density at radius 1 is 0.372 bits per heavy atom. The molecule has 8 rings (SSSR count). The van der Waals surface area contributed by atoms with Crippen LogP contribution in [0.2, 0.25) is 0 Å². The molecule has 0 N–H and O–H groups in total. The SMILES string of the molecule is CN(C)c1cccc(-c2cccc3c2-c2ccccc2C32c3ccccc3-c3c(-c4cccc(N(C)C)c4)cccc32)c1. The molecule has 1 spiro atoms. The van der Waals surface area contributed by atoms with Crippen molar-refractivity contribution in [3.05, 3.63) is 156 Å². The van der Waals surface area contributed by atoms with Gasteiger partial charge in [0.1, 0.15) is 0 Å². The van der Waals surface area contributed by atoms with E-state index in [1.54, 1.807) is 0 Å². The van der Waals surface area contributed by atoms with E-state index in [9.17, 15) is 0 Å². The highest BCUT2D eigenvalue weighted by Gasteiger charge is 2.52. The second-order valence-electron chi connectivity index (χ2n) is 12.2. The van der Waals surface area contributed by atoms with E-state index in [1.807, 2.05) is 0 Å². The smallest absolute Gasteiger partial charge is 0.0725 e. The Hall–Kier alpha value is -5.08. The molecule has 0 fully saturated rings. The summed E-state index contributed by atoms with van der Waals surface area (Å²) in [6.07, 6.45) is 0. The number of fused-ring (bicyclic) bond motifs is 10. The summed E-state index contributed by atoms with van der Waals surface area (Å²) >= 11 is 0. The van der Waals surface area contributed by atoms with E-state index in [0.29, 0.717) is 0 Å². The van der Waals surface area contributed by atoms with Crippen LogP contribution in [0.5, 0.6) is 0 Å². The predicted octanol–water partition coefficient (Wildman–Crippen LogP) is 9.50. The van der Waals surface area contributed by atoms with Crippen molar-refractivity contribution in [2.75, 3.05) is 38.0 Å². The highest BCUT2D eigenvalue weighted by Crippen LogP contribution is 2.65. The number of rotatable bonds is 4. The molecule has 0 unspecified atom stereocenters. The van der Waals surface area contributed by atoms with E-state index in [-0.39, 0.29) is 5.41 Å². The van der Waals surface area contributed by atoms with Gasteiger partial charge < -0.3 is 9.80 Å². The Morgan fingerprint density at radius 3 is 1.19 bits per heavy atom. The van der Waals surface area contributed by atoms with Gasteiger partial charge in [-0.1, -0.05) is 109 Å². The van der Waals surface area contributed by atoms with Crippen LogP contribution >= 0.6 is 0 Å². The van der Waals surface area contributed by atoms with E-state index in [0.717, 1.165) is 0 Å². The third-order valence-electron chi connectivity index (χ3n) is 9.48. The fourth-order valence-electron chi connectivity index (χ4n) is 7.62. The van der Waals surface area contributed by atoms with Crippen LogP contribution in [0.25, 0.3) is 44.5 Å². The molecule has 2 nitrogen and oxygen atoms in total. The highest BCUT2D eigenvalue weighted by atomic mass is 15.1. The molecule has 0 saturated carbocycles. The van der Waals surface area contributed by atoms with Gasteiger partial charge >= 0.3 is 0 Å². The maximum Gasteiger partial charge on any atom is 0.0725 e. The first-order chi connectivity index (χ1) is 21.0. The van der Waals surface area contributed by atoms with E-state index in [2.05, 4.69) is 171 Å². The standard InChI is InChI=1S/C41H34N2/c1-42(2)29-15-9-13-27(25-29)31-19-11-23-37-39(31)33-17-5-7-21-35(33)41(37)36-22-8-6-18-34(36)40-32(20-12-24-38(40)41)28-14-10-16-30(26-28)43(3)4/h5-26H,1-4H3. The third-order valence-corrected chi connectivity index (χ3v) is 9.48. The molecule has 0 aromatic heterocycles. The third kappa shape index (κ3) is 3.53. The number of benzene rings is 6. The van der Waals surface area contributed by atoms with Crippen molar-refractivity contribution in [2.45, 2.75) is 5.41 Å². The minimum atomic E-state index is -0.387. The predicted molar refractivity (Wildman–Crippen MR) is 182 cm³/mol. The van der Waals surface area contributed by atoms with Crippen LogP contribution in [0, 0.1) is 0 Å². The summed E-state index contributed by atoms with van der Waals surface area (Å²) in [7, 11) is 8.43. The molecule has 6 aromatic carbocycles. The molecule has 0 atom stereocenters. The first-order valence-corrected chi connectivity index (χ1v) is 15.0. The van der Waals surface area contributed by atoms with E-state index < -0.39 is 0 Å². The average Bonchev–Trinajstić information content (AvgIpc) is 3.52. The van der Waals surface area contributed by atoms with E-state index >= 15 is 0 Å². The lowest BCUT2D eigenvalue weighted by Gasteiger charge is -2.30. The highest BCUT2D eigenvalue weighted by molar-refractivity contribution is 6.03. The molecule has 2 heteroatoms. The normalized spacial score (nSPS) is 13.3. The molecule has 0 bridgehead atoms. The number of hydrogen-bond acceptors (Lipinski definition) is 2. The Kier molecular flexibility index (Phi) is 5.64. The summed E-state index contributed by atoms with van der Waals surface area (Å²) in [6.45, 7) is 0. The van der Waals surface area contributed by atoms with Crippen LogP contribution in [0.1, 0.15) is 22.3 Å². The largest absolute Gasteiger partial charge is 0.378 e. The summed E-state index contributed by atoms with van der Waals surface area (Å²) in [6, 6.07) is 49.9. The molecule has 43 heavy (non-hydrogen) atoms. The molecule has 2 aliphatic carbocycles. The quantitative estimate of drug-likeness (QED) is 0.214. The molecule has 0 saturated heterocycles. The molecule has 6 aromatic rings. The van der Waals surface area contributed by atoms with Gasteiger partial charge in [-0.15, -0.1) is 0 Å². The molecule has 0 heterocycles. The first-order valence-electron chi connectivity index (χ1n) is 15.0. The summed E-state index contributed by atoms with van der Waals surface area (Å²) < 4.78 is 0. The summed E-state index contributed by atoms with van der Waals surface area (Å²) in [4.78, 5) is 4.36. The molecular weight excluding hydrogens is 520 g/mol. The lowest BCUT2D eigenvalue weighted by molar-refractivity contribution is 0.794. The van der Waals surface area contributed by atoms with Crippen molar-refractivity contribution >= 4 is 11.4 Å². The van der Waals surface area contributed by atoms with Crippen molar-refractivity contribution in [3.8, 4) is 44.5 Å². The maximum atomic E-state index is 2.37. The van der Waals surface area contributed by atoms with Crippen LogP contribution in [0.15, 0.2) is 133 Å². The summed E-state index contributed by atoms with van der Waals surface area (Å²) in [5.41, 5.74) is 17.9. The van der Waals surface area contributed by atoms with Crippen molar-refractivity contribution < 1.29 is 0 Å². The van der Waals surface area contributed by atoms with Gasteiger partial charge in [-0.25, -0.2) is 0 Å². The molecule has 0 radical (unpaired) electrons. The van der Waals surface area contributed by atoms with Gasteiger partial charge in [-0.05, 0) is 91.0 Å². The number of nitrogens with zero attached hydrogens (tertiary/aromatic N) is 2. The number of hydrogen-bond donors (Lipinski definition) is 0. The Labute approximate surface area is 254 Å². The minimum Gasteiger partial charge on any atom is -0.378 e. The molecule has 0 amide bonds. The van der Waals surface area contributed by atoms with Gasteiger partial charge in [0.2, 0.25) is 0 Å². The van der Waals surface area contributed by atoms with Crippen LogP contribution in [0.4, 0.5) is 11.4 Å².